The van der Waals surface area contributed by atoms with E-state index in [1.165, 1.54) is 33.6 Å². The van der Waals surface area contributed by atoms with Gasteiger partial charge in [0.1, 0.15) is 5.01 Å². The molecule has 37 heavy (non-hydrogen) atoms. The molecule has 0 saturated heterocycles. The monoisotopic (exact) mass is 532 g/mol. The Morgan fingerprint density at radius 2 is 1.89 bits per heavy atom. The van der Waals surface area contributed by atoms with Gasteiger partial charge in [-0.1, -0.05) is 42.5 Å². The summed E-state index contributed by atoms with van der Waals surface area (Å²) in [7, 11) is 0. The number of carbonyl (C=O) groups excluding carboxylic acids is 2. The summed E-state index contributed by atoms with van der Waals surface area (Å²) in [5.74, 6) is -1.47. The van der Waals surface area contributed by atoms with Gasteiger partial charge in [-0.3, -0.25) is 9.59 Å². The summed E-state index contributed by atoms with van der Waals surface area (Å²) in [6, 6.07) is 17.2. The predicted octanol–water partition coefficient (Wildman–Crippen LogP) is 6.06. The average Bonchev–Trinajstić information content (AvgIpc) is 3.61. The lowest BCUT2D eigenvalue weighted by Gasteiger charge is -2.27. The minimum Gasteiger partial charge on any atom is -0.504 e. The van der Waals surface area contributed by atoms with Gasteiger partial charge in [-0.15, -0.1) is 22.7 Å². The van der Waals surface area contributed by atoms with Gasteiger partial charge in [0.2, 0.25) is 5.78 Å². The number of aromatic nitrogens is 1. The molecule has 3 heterocycles. The second-order valence-electron chi connectivity index (χ2n) is 8.47. The van der Waals surface area contributed by atoms with Crippen LogP contribution in [0.2, 0.25) is 0 Å². The Balaban J connectivity index is 1.60. The molecule has 4 aromatic rings. The molecular weight excluding hydrogens is 508 g/mol. The van der Waals surface area contributed by atoms with Crippen molar-refractivity contribution >= 4 is 34.4 Å². The van der Waals surface area contributed by atoms with Crippen molar-refractivity contribution in [1.29, 1.82) is 0 Å². The minimum atomic E-state index is -0.872. The summed E-state index contributed by atoms with van der Waals surface area (Å²) >= 11 is 2.71. The number of ether oxygens (including phenoxy) is 1. The Labute approximate surface area is 221 Å². The van der Waals surface area contributed by atoms with Crippen molar-refractivity contribution in [2.24, 2.45) is 0 Å². The summed E-state index contributed by atoms with van der Waals surface area (Å²) in [6.07, 6.45) is 0. The Morgan fingerprint density at radius 1 is 1.11 bits per heavy atom. The molecule has 2 N–H and O–H groups in total. The average molecular weight is 533 g/mol. The number of thiazole rings is 1. The number of Topliss-reactive ketones (excluding diaryl/α,β-unsaturated/α-hetero) is 1. The Bertz CT molecular complexity index is 1490. The largest absolute Gasteiger partial charge is 0.504 e. The number of hydrogen-bond acceptors (Lipinski definition) is 8. The molecule has 5 rings (SSSR count). The predicted molar refractivity (Wildman–Crippen MR) is 143 cm³/mol. The van der Waals surface area contributed by atoms with E-state index >= 15 is 0 Å². The van der Waals surface area contributed by atoms with E-state index in [0.29, 0.717) is 27.7 Å². The highest BCUT2D eigenvalue weighted by molar-refractivity contribution is 7.17. The number of carbonyl (C=O) groups is 2. The quantitative estimate of drug-likeness (QED) is 0.268. The van der Waals surface area contributed by atoms with Crippen molar-refractivity contribution in [2.75, 3.05) is 6.61 Å². The van der Waals surface area contributed by atoms with Gasteiger partial charge in [0, 0.05) is 10.4 Å². The van der Waals surface area contributed by atoms with Crippen LogP contribution in [0.3, 0.4) is 0 Å². The molecule has 0 aliphatic carbocycles. The number of aromatic hydroxyl groups is 1. The highest BCUT2D eigenvalue weighted by atomic mass is 32.1. The number of rotatable bonds is 8. The number of aliphatic hydroxyl groups excluding tert-OH is 1. The molecule has 1 atom stereocenters. The first-order valence-electron chi connectivity index (χ1n) is 11.7. The molecule has 0 saturated carbocycles. The maximum absolute atomic E-state index is 14.0. The number of aryl methyl sites for hydroxylation is 1. The second-order valence-corrected chi connectivity index (χ2v) is 10.5. The van der Waals surface area contributed by atoms with Crippen molar-refractivity contribution in [2.45, 2.75) is 26.4 Å². The molecule has 1 aliphatic rings. The van der Waals surface area contributed by atoms with E-state index in [0.717, 1.165) is 10.4 Å². The van der Waals surface area contributed by atoms with Crippen LogP contribution in [0.5, 0.6) is 11.5 Å². The van der Waals surface area contributed by atoms with E-state index in [4.69, 9.17) is 4.74 Å². The first-order chi connectivity index (χ1) is 17.9. The molecule has 188 valence electrons. The summed E-state index contributed by atoms with van der Waals surface area (Å²) in [6.45, 7) is 4.08. The maximum atomic E-state index is 14.0. The van der Waals surface area contributed by atoms with Crippen molar-refractivity contribution in [3.63, 3.8) is 0 Å². The Kier molecular flexibility index (Phi) is 6.82. The number of amides is 1. The van der Waals surface area contributed by atoms with Crippen molar-refractivity contribution in [1.82, 2.24) is 9.88 Å². The van der Waals surface area contributed by atoms with Gasteiger partial charge in [0.25, 0.3) is 5.91 Å². The normalized spacial score (nSPS) is 15.5. The van der Waals surface area contributed by atoms with Crippen LogP contribution in [0.4, 0.5) is 0 Å². The molecule has 0 fully saturated rings. The smallest absolute Gasteiger partial charge is 0.290 e. The summed E-state index contributed by atoms with van der Waals surface area (Å²) in [5, 5.41) is 23.9. The van der Waals surface area contributed by atoms with Gasteiger partial charge in [-0.2, -0.15) is 0 Å². The number of aliphatic hydroxyl groups is 1. The first-order valence-corrected chi connectivity index (χ1v) is 13.4. The van der Waals surface area contributed by atoms with E-state index in [9.17, 15) is 19.8 Å². The van der Waals surface area contributed by atoms with Gasteiger partial charge < -0.3 is 19.8 Å². The molecular formula is C28H24N2O5S2. The van der Waals surface area contributed by atoms with E-state index in [2.05, 4.69) is 4.98 Å². The zero-order valence-electron chi connectivity index (χ0n) is 20.2. The van der Waals surface area contributed by atoms with Gasteiger partial charge in [0.05, 0.1) is 35.3 Å². The molecule has 1 unspecified atom stereocenters. The van der Waals surface area contributed by atoms with Crippen LogP contribution in [0.1, 0.15) is 38.8 Å². The van der Waals surface area contributed by atoms with E-state index in [1.54, 1.807) is 26.0 Å². The summed E-state index contributed by atoms with van der Waals surface area (Å²) < 4.78 is 5.56. The van der Waals surface area contributed by atoms with Gasteiger partial charge in [-0.25, -0.2) is 4.98 Å². The SMILES string of the molecule is CCOc1cc(C2C(C(=O)c3sc(-c4ccccc4)nc3C)=C(O)C(=O)N2Cc2cccs2)ccc1O. The van der Waals surface area contributed by atoms with Crippen LogP contribution in [0, 0.1) is 6.92 Å². The highest BCUT2D eigenvalue weighted by Crippen LogP contribution is 2.43. The zero-order chi connectivity index (χ0) is 26.1. The van der Waals surface area contributed by atoms with Crippen LogP contribution in [0.15, 0.2) is 77.4 Å². The standard InChI is InChI=1S/C28H24N2O5S2/c1-3-35-21-14-18(11-12-20(21)31)23-22(25(33)28(34)30(23)15-19-10-7-13-36-19)24(32)26-16(2)29-27(37-26)17-8-5-4-6-9-17/h4-14,23,31,33H,3,15H2,1-2H3. The molecule has 0 bridgehead atoms. The fourth-order valence-electron chi connectivity index (χ4n) is 4.37. The van der Waals surface area contributed by atoms with Crippen molar-refractivity contribution in [3.8, 4) is 22.1 Å². The molecule has 9 heteroatoms. The third-order valence-corrected chi connectivity index (χ3v) is 8.14. The highest BCUT2D eigenvalue weighted by Gasteiger charge is 2.45. The number of nitrogens with zero attached hydrogens (tertiary/aromatic N) is 2. The zero-order valence-corrected chi connectivity index (χ0v) is 21.8. The van der Waals surface area contributed by atoms with Crippen LogP contribution in [0.25, 0.3) is 10.6 Å². The fraction of sp³-hybridized carbons (Fsp3) is 0.179. The molecule has 1 amide bonds. The fourth-order valence-corrected chi connectivity index (χ4v) is 6.10. The van der Waals surface area contributed by atoms with Crippen LogP contribution in [-0.4, -0.2) is 38.4 Å². The van der Waals surface area contributed by atoms with Gasteiger partial charge in [0.15, 0.2) is 17.3 Å². The Morgan fingerprint density at radius 3 is 2.59 bits per heavy atom. The molecule has 0 spiro atoms. The summed E-state index contributed by atoms with van der Waals surface area (Å²) in [5.41, 5.74) is 1.94. The van der Waals surface area contributed by atoms with Crippen LogP contribution >= 0.6 is 22.7 Å². The molecule has 2 aromatic heterocycles. The molecule has 0 radical (unpaired) electrons. The lowest BCUT2D eigenvalue weighted by Crippen LogP contribution is -2.30. The summed E-state index contributed by atoms with van der Waals surface area (Å²) in [4.78, 5) is 34.6. The number of hydrogen-bond donors (Lipinski definition) is 2. The minimum absolute atomic E-state index is 0.0129. The van der Waals surface area contributed by atoms with E-state index in [1.807, 2.05) is 47.8 Å². The number of ketones is 1. The molecule has 2 aromatic carbocycles. The number of phenolic OH excluding ortho intramolecular Hbond substituents is 1. The third kappa shape index (κ3) is 4.63. The lowest BCUT2D eigenvalue weighted by molar-refractivity contribution is -0.130. The maximum Gasteiger partial charge on any atom is 0.290 e. The number of benzene rings is 2. The lowest BCUT2D eigenvalue weighted by atomic mass is 9.94. The van der Waals surface area contributed by atoms with Crippen LogP contribution < -0.4 is 4.74 Å². The number of phenols is 1. The molecule has 7 nitrogen and oxygen atoms in total. The van der Waals surface area contributed by atoms with Crippen molar-refractivity contribution in [3.05, 3.63) is 98.4 Å². The Hall–Kier alpha value is -3.95. The topological polar surface area (TPSA) is 100.0 Å². The van der Waals surface area contributed by atoms with Gasteiger partial charge >= 0.3 is 0 Å². The third-order valence-electron chi connectivity index (χ3n) is 6.08. The van der Waals surface area contributed by atoms with Crippen molar-refractivity contribution < 1.29 is 24.5 Å². The van der Waals surface area contributed by atoms with Gasteiger partial charge in [-0.05, 0) is 43.0 Å². The van der Waals surface area contributed by atoms with E-state index in [-0.39, 0.29) is 23.6 Å². The molecule has 1 aliphatic heterocycles. The second kappa shape index (κ2) is 10.2. The number of thiophene rings is 1. The van der Waals surface area contributed by atoms with E-state index < -0.39 is 23.5 Å². The first kappa shape index (κ1) is 24.7. The van der Waals surface area contributed by atoms with Crippen LogP contribution in [-0.2, 0) is 11.3 Å².